The summed E-state index contributed by atoms with van der Waals surface area (Å²) in [6.45, 7) is 2.02. The third-order valence-corrected chi connectivity index (χ3v) is 2.57. The molecule has 0 atom stereocenters. The van der Waals surface area contributed by atoms with E-state index in [9.17, 15) is 4.79 Å². The lowest BCUT2D eigenvalue weighted by atomic mass is 10.3. The van der Waals surface area contributed by atoms with Crippen LogP contribution in [0.1, 0.15) is 30.3 Å². The molecule has 1 amide bonds. The maximum Gasteiger partial charge on any atom is 0.270 e. The molecule has 0 aromatic carbocycles. The Balaban J connectivity index is 2.11. The Kier molecular flexibility index (Phi) is 2.19. The number of carbonyl (C=O) groups excluding carboxylic acids is 1. The van der Waals surface area contributed by atoms with Crippen LogP contribution in [0.25, 0.3) is 0 Å². The second kappa shape index (κ2) is 3.24. The van der Waals surface area contributed by atoms with E-state index in [1.165, 1.54) is 0 Å². The van der Waals surface area contributed by atoms with E-state index in [0.717, 1.165) is 12.8 Å². The van der Waals surface area contributed by atoms with Crippen molar-refractivity contribution in [2.75, 3.05) is 0 Å². The van der Waals surface area contributed by atoms with Gasteiger partial charge in [0.25, 0.3) is 5.91 Å². The van der Waals surface area contributed by atoms with E-state index in [1.807, 2.05) is 6.92 Å². The van der Waals surface area contributed by atoms with Gasteiger partial charge in [0.1, 0.15) is 10.8 Å². The summed E-state index contributed by atoms with van der Waals surface area (Å²) in [5.74, 6) is -0.146. The van der Waals surface area contributed by atoms with Crippen LogP contribution in [0.2, 0.25) is 5.15 Å². The molecule has 1 aromatic heterocycles. The van der Waals surface area contributed by atoms with Gasteiger partial charge in [-0.05, 0) is 31.9 Å². The first-order valence-electron chi connectivity index (χ1n) is 4.54. The highest BCUT2D eigenvalue weighted by atomic mass is 35.5. The van der Waals surface area contributed by atoms with Crippen LogP contribution in [0.15, 0.2) is 18.2 Å². The van der Waals surface area contributed by atoms with Gasteiger partial charge in [-0.2, -0.15) is 0 Å². The van der Waals surface area contributed by atoms with Crippen molar-refractivity contribution in [3.05, 3.63) is 29.0 Å². The predicted molar refractivity (Wildman–Crippen MR) is 54.4 cm³/mol. The van der Waals surface area contributed by atoms with Gasteiger partial charge in [-0.3, -0.25) is 4.79 Å². The molecule has 1 N–H and O–H groups in total. The molecule has 0 unspecified atom stereocenters. The minimum absolute atomic E-state index is 0.0128. The Morgan fingerprint density at radius 1 is 1.57 bits per heavy atom. The molecule has 0 radical (unpaired) electrons. The first-order valence-corrected chi connectivity index (χ1v) is 4.92. The minimum Gasteiger partial charge on any atom is -0.346 e. The van der Waals surface area contributed by atoms with Crippen LogP contribution in [0.3, 0.4) is 0 Å². The van der Waals surface area contributed by atoms with Gasteiger partial charge in [0.15, 0.2) is 0 Å². The third-order valence-electron chi connectivity index (χ3n) is 2.36. The average Bonchev–Trinajstić information content (AvgIpc) is 2.83. The summed E-state index contributed by atoms with van der Waals surface area (Å²) in [6.07, 6.45) is 2.08. The lowest BCUT2D eigenvalue weighted by molar-refractivity contribution is 0.0930. The summed E-state index contributed by atoms with van der Waals surface area (Å²) in [6, 6.07) is 5.03. The van der Waals surface area contributed by atoms with Gasteiger partial charge in [-0.1, -0.05) is 17.7 Å². The first-order chi connectivity index (χ1) is 6.59. The Morgan fingerprint density at radius 2 is 2.29 bits per heavy atom. The molecule has 1 aliphatic rings. The first kappa shape index (κ1) is 9.46. The highest BCUT2D eigenvalue weighted by Gasteiger charge is 2.38. The van der Waals surface area contributed by atoms with Gasteiger partial charge in [0, 0.05) is 5.54 Å². The van der Waals surface area contributed by atoms with Crippen molar-refractivity contribution >= 4 is 17.5 Å². The number of amides is 1. The topological polar surface area (TPSA) is 42.0 Å². The smallest absolute Gasteiger partial charge is 0.270 e. The second-order valence-corrected chi connectivity index (χ2v) is 4.25. The fraction of sp³-hybridized carbons (Fsp3) is 0.400. The van der Waals surface area contributed by atoms with Crippen molar-refractivity contribution in [1.29, 1.82) is 0 Å². The summed E-state index contributed by atoms with van der Waals surface area (Å²) in [5, 5.41) is 3.26. The van der Waals surface area contributed by atoms with Crippen LogP contribution in [-0.4, -0.2) is 16.4 Å². The van der Waals surface area contributed by atoms with E-state index in [1.54, 1.807) is 18.2 Å². The number of hydrogen-bond donors (Lipinski definition) is 1. The zero-order valence-corrected chi connectivity index (χ0v) is 8.64. The zero-order chi connectivity index (χ0) is 10.2. The van der Waals surface area contributed by atoms with E-state index in [2.05, 4.69) is 10.3 Å². The largest absolute Gasteiger partial charge is 0.346 e. The number of hydrogen-bond acceptors (Lipinski definition) is 2. The molecule has 1 heterocycles. The van der Waals surface area contributed by atoms with Crippen LogP contribution in [0.4, 0.5) is 0 Å². The summed E-state index contributed by atoms with van der Waals surface area (Å²) < 4.78 is 0. The number of halogens is 1. The molecule has 2 rings (SSSR count). The minimum atomic E-state index is -0.146. The molecule has 1 fully saturated rings. The Morgan fingerprint density at radius 3 is 2.86 bits per heavy atom. The van der Waals surface area contributed by atoms with Crippen molar-refractivity contribution < 1.29 is 4.79 Å². The fourth-order valence-corrected chi connectivity index (χ4v) is 1.35. The lowest BCUT2D eigenvalue weighted by Crippen LogP contribution is -2.34. The molecule has 0 bridgehead atoms. The molecule has 1 aromatic rings. The van der Waals surface area contributed by atoms with E-state index in [-0.39, 0.29) is 11.4 Å². The van der Waals surface area contributed by atoms with Crippen LogP contribution >= 0.6 is 11.6 Å². The molecule has 1 saturated carbocycles. The summed E-state index contributed by atoms with van der Waals surface area (Å²) >= 11 is 5.68. The monoisotopic (exact) mass is 210 g/mol. The average molecular weight is 211 g/mol. The molecular weight excluding hydrogens is 200 g/mol. The van der Waals surface area contributed by atoms with Gasteiger partial charge in [0.05, 0.1) is 0 Å². The molecule has 0 aliphatic heterocycles. The predicted octanol–water partition coefficient (Wildman–Crippen LogP) is 2.02. The van der Waals surface area contributed by atoms with E-state index in [4.69, 9.17) is 11.6 Å². The maximum absolute atomic E-state index is 11.6. The molecule has 1 aliphatic carbocycles. The molecule has 0 spiro atoms. The molecule has 74 valence electrons. The van der Waals surface area contributed by atoms with Crippen molar-refractivity contribution in [2.24, 2.45) is 0 Å². The Labute approximate surface area is 87.5 Å². The van der Waals surface area contributed by atoms with E-state index >= 15 is 0 Å². The maximum atomic E-state index is 11.6. The quantitative estimate of drug-likeness (QED) is 0.759. The fourth-order valence-electron chi connectivity index (χ4n) is 1.19. The number of carbonyl (C=O) groups is 1. The van der Waals surface area contributed by atoms with Crippen molar-refractivity contribution in [1.82, 2.24) is 10.3 Å². The van der Waals surface area contributed by atoms with Crippen molar-refractivity contribution in [3.8, 4) is 0 Å². The number of rotatable bonds is 2. The molecular formula is C10H11ClN2O. The van der Waals surface area contributed by atoms with E-state index < -0.39 is 0 Å². The van der Waals surface area contributed by atoms with Gasteiger partial charge in [-0.25, -0.2) is 4.98 Å². The van der Waals surface area contributed by atoms with Gasteiger partial charge >= 0.3 is 0 Å². The molecule has 4 heteroatoms. The standard InChI is InChI=1S/C10H11ClN2O/c1-10(5-6-10)13-9(14)7-3-2-4-8(11)12-7/h2-4H,5-6H2,1H3,(H,13,14). The van der Waals surface area contributed by atoms with Crippen LogP contribution in [0, 0.1) is 0 Å². The third kappa shape index (κ3) is 2.04. The van der Waals surface area contributed by atoms with Crippen LogP contribution in [-0.2, 0) is 0 Å². The van der Waals surface area contributed by atoms with Gasteiger partial charge < -0.3 is 5.32 Å². The second-order valence-electron chi connectivity index (χ2n) is 3.86. The van der Waals surface area contributed by atoms with Gasteiger partial charge in [-0.15, -0.1) is 0 Å². The SMILES string of the molecule is CC1(NC(=O)c2cccc(Cl)n2)CC1. The zero-order valence-electron chi connectivity index (χ0n) is 7.88. The highest BCUT2D eigenvalue weighted by Crippen LogP contribution is 2.34. The van der Waals surface area contributed by atoms with Crippen LogP contribution in [0.5, 0.6) is 0 Å². The number of aromatic nitrogens is 1. The molecule has 14 heavy (non-hydrogen) atoms. The summed E-state index contributed by atoms with van der Waals surface area (Å²) in [5.41, 5.74) is 0.367. The molecule has 0 saturated heterocycles. The number of nitrogens with zero attached hydrogens (tertiary/aromatic N) is 1. The van der Waals surface area contributed by atoms with Crippen molar-refractivity contribution in [2.45, 2.75) is 25.3 Å². The van der Waals surface area contributed by atoms with E-state index in [0.29, 0.717) is 10.8 Å². The normalized spacial score (nSPS) is 17.6. The van der Waals surface area contributed by atoms with Gasteiger partial charge in [0.2, 0.25) is 0 Å². The van der Waals surface area contributed by atoms with Crippen LogP contribution < -0.4 is 5.32 Å². The number of pyridine rings is 1. The lowest BCUT2D eigenvalue weighted by Gasteiger charge is -2.10. The highest BCUT2D eigenvalue weighted by molar-refractivity contribution is 6.29. The Hall–Kier alpha value is -1.09. The number of nitrogens with one attached hydrogen (secondary N) is 1. The molecule has 3 nitrogen and oxygen atoms in total. The summed E-state index contributed by atoms with van der Waals surface area (Å²) in [7, 11) is 0. The Bertz CT molecular complexity index is 374. The van der Waals surface area contributed by atoms with Crippen molar-refractivity contribution in [3.63, 3.8) is 0 Å². The summed E-state index contributed by atoms with van der Waals surface area (Å²) in [4.78, 5) is 15.6.